The van der Waals surface area contributed by atoms with Crippen LogP contribution in [0.2, 0.25) is 0 Å². The third-order valence-corrected chi connectivity index (χ3v) is 3.55. The fourth-order valence-corrected chi connectivity index (χ4v) is 2.14. The van der Waals surface area contributed by atoms with Crippen LogP contribution in [0.25, 0.3) is 0 Å². The molecule has 0 aromatic heterocycles. The van der Waals surface area contributed by atoms with E-state index in [1.54, 1.807) is 31.2 Å². The minimum absolute atomic E-state index is 0.0409. The Bertz CT molecular complexity index is 737. The average molecular weight is 311 g/mol. The Labute approximate surface area is 136 Å². The van der Waals surface area contributed by atoms with Crippen molar-refractivity contribution in [1.29, 1.82) is 0 Å². The first-order valence-corrected chi connectivity index (χ1v) is 7.52. The van der Waals surface area contributed by atoms with Crippen molar-refractivity contribution < 1.29 is 14.3 Å². The SMILES string of the molecule is CC(=O)c1cccc(NC(=O)[C@@H](C)Oc2cc(C)ccc2C)c1. The molecule has 0 aliphatic carbocycles. The minimum Gasteiger partial charge on any atom is -0.481 e. The molecule has 0 unspecified atom stereocenters. The van der Waals surface area contributed by atoms with Gasteiger partial charge in [-0.3, -0.25) is 9.59 Å². The predicted octanol–water partition coefficient (Wildman–Crippen LogP) is 3.91. The van der Waals surface area contributed by atoms with Gasteiger partial charge in [-0.05, 0) is 57.0 Å². The number of aryl methyl sites for hydroxylation is 2. The number of Topliss-reactive ketones (excluding diaryl/α,β-unsaturated/α-hetero) is 1. The van der Waals surface area contributed by atoms with Crippen molar-refractivity contribution >= 4 is 17.4 Å². The predicted molar refractivity (Wildman–Crippen MR) is 91.1 cm³/mol. The summed E-state index contributed by atoms with van der Waals surface area (Å²) >= 11 is 0. The lowest BCUT2D eigenvalue weighted by molar-refractivity contribution is -0.122. The van der Waals surface area contributed by atoms with Crippen LogP contribution in [0.4, 0.5) is 5.69 Å². The molecule has 120 valence electrons. The maximum Gasteiger partial charge on any atom is 0.265 e. The van der Waals surface area contributed by atoms with Crippen LogP contribution >= 0.6 is 0 Å². The van der Waals surface area contributed by atoms with Crippen LogP contribution in [0.1, 0.15) is 35.3 Å². The highest BCUT2D eigenvalue weighted by molar-refractivity contribution is 5.98. The molecule has 23 heavy (non-hydrogen) atoms. The molecule has 4 heteroatoms. The molecule has 0 aliphatic heterocycles. The Morgan fingerprint density at radius 3 is 2.52 bits per heavy atom. The van der Waals surface area contributed by atoms with E-state index in [0.717, 1.165) is 11.1 Å². The second-order valence-corrected chi connectivity index (χ2v) is 5.66. The van der Waals surface area contributed by atoms with Crippen molar-refractivity contribution in [3.05, 3.63) is 59.2 Å². The van der Waals surface area contributed by atoms with Crippen molar-refractivity contribution in [3.63, 3.8) is 0 Å². The average Bonchev–Trinajstić information content (AvgIpc) is 2.51. The zero-order chi connectivity index (χ0) is 17.0. The van der Waals surface area contributed by atoms with Gasteiger partial charge in [0.2, 0.25) is 0 Å². The summed E-state index contributed by atoms with van der Waals surface area (Å²) < 4.78 is 5.76. The van der Waals surface area contributed by atoms with Crippen molar-refractivity contribution in [2.75, 3.05) is 5.32 Å². The van der Waals surface area contributed by atoms with E-state index in [1.807, 2.05) is 32.0 Å². The number of rotatable bonds is 5. The van der Waals surface area contributed by atoms with Gasteiger partial charge in [-0.1, -0.05) is 24.3 Å². The van der Waals surface area contributed by atoms with Gasteiger partial charge in [-0.2, -0.15) is 0 Å². The van der Waals surface area contributed by atoms with Gasteiger partial charge in [0.15, 0.2) is 11.9 Å². The number of hydrogen-bond acceptors (Lipinski definition) is 3. The number of carbonyl (C=O) groups excluding carboxylic acids is 2. The van der Waals surface area contributed by atoms with E-state index >= 15 is 0 Å². The number of ether oxygens (including phenoxy) is 1. The van der Waals surface area contributed by atoms with Crippen LogP contribution in [0.5, 0.6) is 5.75 Å². The quantitative estimate of drug-likeness (QED) is 0.852. The van der Waals surface area contributed by atoms with Crippen LogP contribution in [0.3, 0.4) is 0 Å². The zero-order valence-corrected chi connectivity index (χ0v) is 13.8. The van der Waals surface area contributed by atoms with E-state index in [9.17, 15) is 9.59 Å². The van der Waals surface area contributed by atoms with Gasteiger partial charge < -0.3 is 10.1 Å². The summed E-state index contributed by atoms with van der Waals surface area (Å²) in [7, 11) is 0. The molecule has 0 bridgehead atoms. The summed E-state index contributed by atoms with van der Waals surface area (Å²) in [6.07, 6.45) is -0.642. The van der Waals surface area contributed by atoms with Crippen LogP contribution < -0.4 is 10.1 Å². The second kappa shape index (κ2) is 7.09. The Morgan fingerprint density at radius 2 is 1.83 bits per heavy atom. The van der Waals surface area contributed by atoms with Crippen molar-refractivity contribution in [1.82, 2.24) is 0 Å². The highest BCUT2D eigenvalue weighted by atomic mass is 16.5. The number of ketones is 1. The molecule has 0 spiro atoms. The van der Waals surface area contributed by atoms with E-state index in [2.05, 4.69) is 5.32 Å². The molecule has 0 aliphatic rings. The maximum atomic E-state index is 12.3. The molecule has 0 fully saturated rings. The van der Waals surface area contributed by atoms with Crippen molar-refractivity contribution in [2.24, 2.45) is 0 Å². The molecule has 0 saturated carbocycles. The fraction of sp³-hybridized carbons (Fsp3) is 0.263. The molecule has 1 atom stereocenters. The van der Waals surface area contributed by atoms with Gasteiger partial charge in [0, 0.05) is 11.3 Å². The smallest absolute Gasteiger partial charge is 0.265 e. The Morgan fingerprint density at radius 1 is 1.09 bits per heavy atom. The molecule has 4 nitrogen and oxygen atoms in total. The third kappa shape index (κ3) is 4.42. The topological polar surface area (TPSA) is 55.4 Å². The lowest BCUT2D eigenvalue weighted by Crippen LogP contribution is -2.30. The molecular formula is C19H21NO3. The number of anilines is 1. The van der Waals surface area contributed by atoms with Gasteiger partial charge in [-0.15, -0.1) is 0 Å². The zero-order valence-electron chi connectivity index (χ0n) is 13.8. The van der Waals surface area contributed by atoms with E-state index in [4.69, 9.17) is 4.74 Å². The first kappa shape index (κ1) is 16.7. The molecule has 0 radical (unpaired) electrons. The van der Waals surface area contributed by atoms with Crippen LogP contribution in [0.15, 0.2) is 42.5 Å². The van der Waals surface area contributed by atoms with Crippen LogP contribution in [-0.2, 0) is 4.79 Å². The molecule has 2 rings (SSSR count). The summed E-state index contributed by atoms with van der Waals surface area (Å²) in [6.45, 7) is 7.11. The number of nitrogens with one attached hydrogen (secondary N) is 1. The maximum absolute atomic E-state index is 12.3. The molecule has 1 N–H and O–H groups in total. The van der Waals surface area contributed by atoms with Crippen molar-refractivity contribution in [3.8, 4) is 5.75 Å². The van der Waals surface area contributed by atoms with Gasteiger partial charge in [0.05, 0.1) is 0 Å². The summed E-state index contributed by atoms with van der Waals surface area (Å²) in [5, 5.41) is 2.78. The molecule has 2 aromatic carbocycles. The standard InChI is InChI=1S/C19H21NO3/c1-12-8-9-13(2)18(10-12)23-15(4)19(22)20-17-7-5-6-16(11-17)14(3)21/h5-11,15H,1-4H3,(H,20,22)/t15-/m1/s1. The molecule has 2 aromatic rings. The monoisotopic (exact) mass is 311 g/mol. The first-order chi connectivity index (χ1) is 10.9. The lowest BCUT2D eigenvalue weighted by atomic mass is 10.1. The second-order valence-electron chi connectivity index (χ2n) is 5.66. The number of amides is 1. The van der Waals surface area contributed by atoms with Gasteiger partial charge >= 0.3 is 0 Å². The van der Waals surface area contributed by atoms with Gasteiger partial charge in [0.1, 0.15) is 5.75 Å². The minimum atomic E-state index is -0.642. The first-order valence-electron chi connectivity index (χ1n) is 7.52. The summed E-state index contributed by atoms with van der Waals surface area (Å²) in [4.78, 5) is 23.7. The Kier molecular flexibility index (Phi) is 5.16. The summed E-state index contributed by atoms with van der Waals surface area (Å²) in [5.74, 6) is 0.400. The van der Waals surface area contributed by atoms with Crippen LogP contribution in [0, 0.1) is 13.8 Å². The Balaban J connectivity index is 2.07. The van der Waals surface area contributed by atoms with E-state index < -0.39 is 6.10 Å². The number of benzene rings is 2. The lowest BCUT2D eigenvalue weighted by Gasteiger charge is -2.17. The largest absolute Gasteiger partial charge is 0.481 e. The number of carbonyl (C=O) groups is 2. The Hall–Kier alpha value is -2.62. The summed E-state index contributed by atoms with van der Waals surface area (Å²) in [5.41, 5.74) is 3.20. The van der Waals surface area contributed by atoms with Crippen LogP contribution in [-0.4, -0.2) is 17.8 Å². The highest BCUT2D eigenvalue weighted by Gasteiger charge is 2.16. The normalized spacial score (nSPS) is 11.7. The fourth-order valence-electron chi connectivity index (χ4n) is 2.14. The summed E-state index contributed by atoms with van der Waals surface area (Å²) in [6, 6.07) is 12.7. The molecule has 0 heterocycles. The van der Waals surface area contributed by atoms with E-state index in [1.165, 1.54) is 6.92 Å². The highest BCUT2D eigenvalue weighted by Crippen LogP contribution is 2.21. The molecule has 0 saturated heterocycles. The van der Waals surface area contributed by atoms with Crippen molar-refractivity contribution in [2.45, 2.75) is 33.8 Å². The number of hydrogen-bond donors (Lipinski definition) is 1. The van der Waals surface area contributed by atoms with E-state index in [0.29, 0.717) is 17.0 Å². The van der Waals surface area contributed by atoms with E-state index in [-0.39, 0.29) is 11.7 Å². The van der Waals surface area contributed by atoms with Gasteiger partial charge in [-0.25, -0.2) is 0 Å². The van der Waals surface area contributed by atoms with Gasteiger partial charge in [0.25, 0.3) is 5.91 Å². The molecule has 1 amide bonds. The third-order valence-electron chi connectivity index (χ3n) is 3.55. The molecular weight excluding hydrogens is 290 g/mol.